The summed E-state index contributed by atoms with van der Waals surface area (Å²) in [6.45, 7) is 0. The molecular weight excluding hydrogens is 373 g/mol. The third-order valence-electron chi connectivity index (χ3n) is 4.93. The van der Waals surface area contributed by atoms with Gasteiger partial charge in [0.15, 0.2) is 0 Å². The summed E-state index contributed by atoms with van der Waals surface area (Å²) in [4.78, 5) is 27.7. The van der Waals surface area contributed by atoms with Gasteiger partial charge < -0.3 is 20.1 Å². The van der Waals surface area contributed by atoms with E-state index in [2.05, 4.69) is 16.4 Å². The van der Waals surface area contributed by atoms with Gasteiger partial charge in [-0.1, -0.05) is 6.07 Å². The summed E-state index contributed by atoms with van der Waals surface area (Å²) in [5.74, 6) is 0.00276. The van der Waals surface area contributed by atoms with Crippen molar-refractivity contribution in [2.24, 2.45) is 0 Å². The van der Waals surface area contributed by atoms with Crippen LogP contribution < -0.4 is 15.5 Å². The fourth-order valence-electron chi connectivity index (χ4n) is 3.37. The molecule has 1 aromatic carbocycles. The van der Waals surface area contributed by atoms with E-state index in [0.717, 1.165) is 0 Å². The average molecular weight is 393 g/mol. The molecule has 3 rings (SSSR count). The van der Waals surface area contributed by atoms with Crippen LogP contribution in [0.2, 0.25) is 0 Å². The van der Waals surface area contributed by atoms with Crippen LogP contribution >= 0.6 is 0 Å². The molecule has 0 radical (unpaired) electrons. The van der Waals surface area contributed by atoms with Gasteiger partial charge in [-0.15, -0.1) is 0 Å². The molecule has 3 N–H and O–H groups in total. The Morgan fingerprint density at radius 1 is 1.28 bits per heavy atom. The zero-order valence-electron chi connectivity index (χ0n) is 15.6. The van der Waals surface area contributed by atoms with Crippen LogP contribution in [0.3, 0.4) is 0 Å². The monoisotopic (exact) mass is 393 g/mol. The Kier molecular flexibility index (Phi) is 6.59. The van der Waals surface area contributed by atoms with E-state index in [1.165, 1.54) is 18.2 Å². The van der Waals surface area contributed by atoms with Gasteiger partial charge in [-0.3, -0.25) is 9.59 Å². The van der Waals surface area contributed by atoms with Crippen molar-refractivity contribution in [1.29, 1.82) is 5.26 Å². The van der Waals surface area contributed by atoms with Crippen molar-refractivity contribution in [3.63, 3.8) is 0 Å². The first-order chi connectivity index (χ1) is 14.0. The molecule has 1 fully saturated rings. The molecule has 1 amide bonds. The van der Waals surface area contributed by atoms with E-state index in [1.807, 2.05) is 0 Å². The number of amides is 1. The lowest BCUT2D eigenvalue weighted by atomic mass is 9.77. The van der Waals surface area contributed by atoms with E-state index in [1.54, 1.807) is 18.3 Å². The number of benzene rings is 1. The van der Waals surface area contributed by atoms with E-state index in [9.17, 15) is 19.6 Å². The fourth-order valence-corrected chi connectivity index (χ4v) is 3.37. The van der Waals surface area contributed by atoms with Crippen molar-refractivity contribution >= 4 is 24.8 Å². The van der Waals surface area contributed by atoms with Gasteiger partial charge in [0.2, 0.25) is 5.88 Å². The number of carbonyl (C=O) groups is 2. The van der Waals surface area contributed by atoms with E-state index < -0.39 is 7.12 Å². The Bertz CT molecular complexity index is 936. The number of nitrogens with zero attached hydrogens (tertiary/aromatic N) is 2. The summed E-state index contributed by atoms with van der Waals surface area (Å²) in [5.41, 5.74) is 0.793. The van der Waals surface area contributed by atoms with Gasteiger partial charge in [-0.2, -0.15) is 5.26 Å². The van der Waals surface area contributed by atoms with E-state index in [-0.39, 0.29) is 34.6 Å². The lowest BCUT2D eigenvalue weighted by molar-refractivity contribution is 0.0890. The number of carbonyl (C=O) groups excluding carboxylic acids is 2. The summed E-state index contributed by atoms with van der Waals surface area (Å²) >= 11 is 0. The smallest absolute Gasteiger partial charge is 0.473 e. The van der Waals surface area contributed by atoms with E-state index >= 15 is 0 Å². The largest absolute Gasteiger partial charge is 0.489 e. The predicted molar refractivity (Wildman–Crippen MR) is 105 cm³/mol. The highest BCUT2D eigenvalue weighted by Gasteiger charge is 2.25. The molecule has 1 aromatic heterocycles. The minimum atomic E-state index is -1.77. The van der Waals surface area contributed by atoms with Crippen LogP contribution in [0.1, 0.15) is 52.0 Å². The zero-order chi connectivity index (χ0) is 20.8. The van der Waals surface area contributed by atoms with Gasteiger partial charge in [0.05, 0.1) is 0 Å². The fraction of sp³-hybridized carbons (Fsp3) is 0.300. The lowest BCUT2D eigenvalue weighted by Crippen LogP contribution is -2.40. The lowest BCUT2D eigenvalue weighted by Gasteiger charge is -2.29. The number of rotatable bonds is 6. The predicted octanol–water partition coefficient (Wildman–Crippen LogP) is 0.566. The SMILES string of the molecule is N#Cc1cccnc1OC1CCC(NC(=O)c2ccc(B(O)O)c(C=O)c2)CC1. The highest BCUT2D eigenvalue weighted by Crippen LogP contribution is 2.24. The molecule has 1 heterocycles. The molecule has 0 bridgehead atoms. The topological polar surface area (TPSA) is 133 Å². The normalized spacial score (nSPS) is 18.4. The standard InChI is InChI=1S/C20H20BN3O5/c22-11-14-2-1-9-23-20(14)29-17-6-4-16(5-7-17)24-19(26)13-3-8-18(21(27)28)15(10-13)12-25/h1-3,8-10,12,16-17,27-28H,4-7H2,(H,24,26). The van der Waals surface area contributed by atoms with Crippen LogP contribution in [0.5, 0.6) is 5.88 Å². The zero-order valence-corrected chi connectivity index (χ0v) is 15.6. The number of nitrogens with one attached hydrogen (secondary N) is 1. The van der Waals surface area contributed by atoms with Crippen LogP contribution in [0.25, 0.3) is 0 Å². The minimum absolute atomic E-state index is 0.0377. The van der Waals surface area contributed by atoms with Crippen molar-refractivity contribution in [2.45, 2.75) is 37.8 Å². The molecule has 2 aromatic rings. The van der Waals surface area contributed by atoms with E-state index in [4.69, 9.17) is 10.00 Å². The van der Waals surface area contributed by atoms with Gasteiger partial charge >= 0.3 is 7.12 Å². The quantitative estimate of drug-likeness (QED) is 0.483. The third-order valence-corrected chi connectivity index (χ3v) is 4.93. The van der Waals surface area contributed by atoms with Crippen LogP contribution in [-0.4, -0.2) is 46.5 Å². The number of nitriles is 1. The molecule has 29 heavy (non-hydrogen) atoms. The second kappa shape index (κ2) is 9.32. The molecule has 1 aliphatic carbocycles. The van der Waals surface area contributed by atoms with Crippen molar-refractivity contribution in [1.82, 2.24) is 10.3 Å². The number of hydrogen-bond acceptors (Lipinski definition) is 7. The maximum atomic E-state index is 12.5. The van der Waals surface area contributed by atoms with Crippen molar-refractivity contribution < 1.29 is 24.4 Å². The van der Waals surface area contributed by atoms with Gasteiger partial charge in [-0.25, -0.2) is 4.98 Å². The second-order valence-corrected chi connectivity index (χ2v) is 6.87. The maximum Gasteiger partial charge on any atom is 0.489 e. The molecular formula is C20H20BN3O5. The summed E-state index contributed by atoms with van der Waals surface area (Å²) < 4.78 is 5.85. The summed E-state index contributed by atoms with van der Waals surface area (Å²) in [6, 6.07) is 9.51. The van der Waals surface area contributed by atoms with Gasteiger partial charge in [-0.05, 0) is 55.4 Å². The van der Waals surface area contributed by atoms with Crippen LogP contribution in [-0.2, 0) is 0 Å². The van der Waals surface area contributed by atoms with E-state index in [0.29, 0.717) is 43.4 Å². The molecule has 0 spiro atoms. The molecule has 1 aliphatic rings. The first-order valence-corrected chi connectivity index (χ1v) is 9.29. The first-order valence-electron chi connectivity index (χ1n) is 9.29. The molecule has 0 unspecified atom stereocenters. The highest BCUT2D eigenvalue weighted by molar-refractivity contribution is 6.60. The van der Waals surface area contributed by atoms with Crippen LogP contribution in [0, 0.1) is 11.3 Å². The second-order valence-electron chi connectivity index (χ2n) is 6.87. The molecule has 8 nitrogen and oxygen atoms in total. The van der Waals surface area contributed by atoms with Crippen molar-refractivity contribution in [2.75, 3.05) is 0 Å². The molecule has 0 aliphatic heterocycles. The third kappa shape index (κ3) is 4.99. The highest BCUT2D eigenvalue weighted by atomic mass is 16.5. The Morgan fingerprint density at radius 2 is 2.03 bits per heavy atom. The number of aldehydes is 1. The number of pyridine rings is 1. The summed E-state index contributed by atoms with van der Waals surface area (Å²) in [7, 11) is -1.77. The Balaban J connectivity index is 1.56. The number of aromatic nitrogens is 1. The van der Waals surface area contributed by atoms with Gasteiger partial charge in [0.25, 0.3) is 5.91 Å². The summed E-state index contributed by atoms with van der Waals surface area (Å²) in [6.07, 6.45) is 4.83. The Hall–Kier alpha value is -3.22. The molecule has 0 atom stereocenters. The Morgan fingerprint density at radius 3 is 2.69 bits per heavy atom. The maximum absolute atomic E-state index is 12.5. The number of hydrogen-bond donors (Lipinski definition) is 3. The van der Waals surface area contributed by atoms with Crippen LogP contribution in [0.15, 0.2) is 36.5 Å². The van der Waals surface area contributed by atoms with Crippen LogP contribution in [0.4, 0.5) is 0 Å². The minimum Gasteiger partial charge on any atom is -0.473 e. The first kappa shape index (κ1) is 20.5. The molecule has 148 valence electrons. The average Bonchev–Trinajstić information content (AvgIpc) is 2.74. The van der Waals surface area contributed by atoms with Crippen molar-refractivity contribution in [3.8, 4) is 11.9 Å². The number of ether oxygens (including phenoxy) is 1. The molecule has 9 heteroatoms. The van der Waals surface area contributed by atoms with Crippen molar-refractivity contribution in [3.05, 3.63) is 53.2 Å². The molecule has 0 saturated heterocycles. The van der Waals surface area contributed by atoms with Gasteiger partial charge in [0.1, 0.15) is 24.0 Å². The summed E-state index contributed by atoms with van der Waals surface area (Å²) in [5, 5.41) is 30.6. The molecule has 1 saturated carbocycles. The van der Waals surface area contributed by atoms with Gasteiger partial charge in [0, 0.05) is 23.4 Å². The Labute approximate surface area is 168 Å².